The van der Waals surface area contributed by atoms with Crippen molar-refractivity contribution < 1.29 is 9.53 Å². The molecule has 0 saturated heterocycles. The number of esters is 1. The van der Waals surface area contributed by atoms with Crippen LogP contribution in [0.15, 0.2) is 42.5 Å². The zero-order chi connectivity index (χ0) is 14.5. The van der Waals surface area contributed by atoms with E-state index in [2.05, 4.69) is 24.4 Å². The molecule has 2 aromatic rings. The Morgan fingerprint density at radius 2 is 2.00 bits per heavy atom. The summed E-state index contributed by atoms with van der Waals surface area (Å²) >= 11 is 0. The molecule has 0 aromatic heterocycles. The van der Waals surface area contributed by atoms with Crippen LogP contribution in [-0.2, 0) is 11.2 Å². The third-order valence-electron chi connectivity index (χ3n) is 3.13. The summed E-state index contributed by atoms with van der Waals surface area (Å²) in [6.07, 6.45) is 0.965. The minimum absolute atomic E-state index is 0.365. The minimum atomic E-state index is -0.437. The maximum Gasteiger partial charge on any atom is 0.340 e. The maximum absolute atomic E-state index is 11.6. The Morgan fingerprint density at radius 3 is 2.70 bits per heavy atom. The molecule has 104 valence electrons. The predicted molar refractivity (Wildman–Crippen MR) is 81.3 cm³/mol. The maximum atomic E-state index is 11.6. The molecule has 0 spiro atoms. The van der Waals surface area contributed by atoms with Gasteiger partial charge in [0.25, 0.3) is 0 Å². The highest BCUT2D eigenvalue weighted by Gasteiger charge is 2.12. The van der Waals surface area contributed by atoms with Gasteiger partial charge in [-0.1, -0.05) is 25.1 Å². The van der Waals surface area contributed by atoms with Crippen molar-refractivity contribution >= 4 is 23.0 Å². The second-order valence-electron chi connectivity index (χ2n) is 4.44. The molecule has 0 unspecified atom stereocenters. The number of para-hydroxylation sites is 1. The van der Waals surface area contributed by atoms with Crippen LogP contribution in [0.4, 0.5) is 17.1 Å². The predicted octanol–water partition coefficient (Wildman–Crippen LogP) is 3.36. The Labute approximate surface area is 118 Å². The van der Waals surface area contributed by atoms with Crippen LogP contribution in [0.3, 0.4) is 0 Å². The van der Waals surface area contributed by atoms with Gasteiger partial charge in [0.05, 0.1) is 24.0 Å². The lowest BCUT2D eigenvalue weighted by molar-refractivity contribution is 0.0602. The van der Waals surface area contributed by atoms with E-state index in [0.29, 0.717) is 16.9 Å². The molecule has 0 heterocycles. The summed E-state index contributed by atoms with van der Waals surface area (Å²) in [5.74, 6) is -0.437. The van der Waals surface area contributed by atoms with E-state index in [0.717, 1.165) is 12.1 Å². The van der Waals surface area contributed by atoms with E-state index in [-0.39, 0.29) is 0 Å². The van der Waals surface area contributed by atoms with E-state index >= 15 is 0 Å². The number of nitrogen functional groups attached to an aromatic ring is 1. The standard InChI is InChI=1S/C16H18N2O2/c1-3-11-6-4-7-12(10-11)18-14-9-5-8-13(15(14)17)16(19)20-2/h4-10,18H,3,17H2,1-2H3. The van der Waals surface area contributed by atoms with Crippen molar-refractivity contribution in [2.75, 3.05) is 18.2 Å². The molecular formula is C16H18N2O2. The lowest BCUT2D eigenvalue weighted by Crippen LogP contribution is -2.07. The fraction of sp³-hybridized carbons (Fsp3) is 0.188. The van der Waals surface area contributed by atoms with Crippen molar-refractivity contribution in [1.82, 2.24) is 0 Å². The number of ether oxygens (including phenoxy) is 1. The number of anilines is 3. The Kier molecular flexibility index (Phi) is 4.25. The van der Waals surface area contributed by atoms with E-state index in [1.54, 1.807) is 12.1 Å². The zero-order valence-electron chi connectivity index (χ0n) is 11.6. The van der Waals surface area contributed by atoms with Gasteiger partial charge >= 0.3 is 5.97 Å². The van der Waals surface area contributed by atoms with Gasteiger partial charge in [-0.3, -0.25) is 0 Å². The van der Waals surface area contributed by atoms with Crippen LogP contribution >= 0.6 is 0 Å². The minimum Gasteiger partial charge on any atom is -0.465 e. The Balaban J connectivity index is 2.31. The average Bonchev–Trinajstić information content (AvgIpc) is 2.49. The van der Waals surface area contributed by atoms with E-state index in [1.165, 1.54) is 12.7 Å². The lowest BCUT2D eigenvalue weighted by Gasteiger charge is -2.12. The van der Waals surface area contributed by atoms with Gasteiger partial charge in [-0.2, -0.15) is 0 Å². The average molecular weight is 270 g/mol. The summed E-state index contributed by atoms with van der Waals surface area (Å²) < 4.78 is 4.71. The first kappa shape index (κ1) is 13.9. The van der Waals surface area contributed by atoms with Crippen molar-refractivity contribution in [3.05, 3.63) is 53.6 Å². The van der Waals surface area contributed by atoms with Gasteiger partial charge in [0.1, 0.15) is 0 Å². The number of carbonyl (C=O) groups is 1. The highest BCUT2D eigenvalue weighted by molar-refractivity contribution is 5.98. The molecular weight excluding hydrogens is 252 g/mol. The number of methoxy groups -OCH3 is 1. The zero-order valence-corrected chi connectivity index (χ0v) is 11.6. The summed E-state index contributed by atoms with van der Waals surface area (Å²) in [6, 6.07) is 13.3. The molecule has 0 fully saturated rings. The highest BCUT2D eigenvalue weighted by atomic mass is 16.5. The summed E-state index contributed by atoms with van der Waals surface area (Å²) in [7, 11) is 1.34. The first-order valence-corrected chi connectivity index (χ1v) is 6.48. The SMILES string of the molecule is CCc1cccc(Nc2cccc(C(=O)OC)c2N)c1. The molecule has 0 bridgehead atoms. The molecule has 0 saturated carbocycles. The number of hydrogen-bond donors (Lipinski definition) is 2. The summed E-state index contributed by atoms with van der Waals surface area (Å²) in [4.78, 5) is 11.6. The molecule has 0 aliphatic heterocycles. The molecule has 4 heteroatoms. The molecule has 3 N–H and O–H groups in total. The largest absolute Gasteiger partial charge is 0.465 e. The van der Waals surface area contributed by atoms with Crippen molar-refractivity contribution in [2.24, 2.45) is 0 Å². The fourth-order valence-electron chi connectivity index (χ4n) is 1.99. The van der Waals surface area contributed by atoms with E-state index < -0.39 is 5.97 Å². The molecule has 0 aliphatic rings. The second-order valence-corrected chi connectivity index (χ2v) is 4.44. The van der Waals surface area contributed by atoms with Crippen LogP contribution in [0.5, 0.6) is 0 Å². The molecule has 2 rings (SSSR count). The number of aryl methyl sites for hydroxylation is 1. The van der Waals surface area contributed by atoms with Gasteiger partial charge in [0.15, 0.2) is 0 Å². The number of benzene rings is 2. The Bertz CT molecular complexity index is 624. The third-order valence-corrected chi connectivity index (χ3v) is 3.13. The topological polar surface area (TPSA) is 64.3 Å². The van der Waals surface area contributed by atoms with E-state index in [4.69, 9.17) is 10.5 Å². The smallest absolute Gasteiger partial charge is 0.340 e. The molecule has 2 aromatic carbocycles. The van der Waals surface area contributed by atoms with Crippen LogP contribution in [0.25, 0.3) is 0 Å². The summed E-state index contributed by atoms with van der Waals surface area (Å²) in [5.41, 5.74) is 9.64. The molecule has 0 aliphatic carbocycles. The lowest BCUT2D eigenvalue weighted by atomic mass is 10.1. The number of hydrogen-bond acceptors (Lipinski definition) is 4. The van der Waals surface area contributed by atoms with Crippen LogP contribution in [0.1, 0.15) is 22.8 Å². The first-order valence-electron chi connectivity index (χ1n) is 6.48. The van der Waals surface area contributed by atoms with Gasteiger partial charge in [-0.25, -0.2) is 4.79 Å². The van der Waals surface area contributed by atoms with Crippen molar-refractivity contribution in [3.8, 4) is 0 Å². The fourth-order valence-corrected chi connectivity index (χ4v) is 1.99. The second kappa shape index (κ2) is 6.10. The number of nitrogens with one attached hydrogen (secondary N) is 1. The van der Waals surface area contributed by atoms with Crippen LogP contribution < -0.4 is 11.1 Å². The van der Waals surface area contributed by atoms with Crippen molar-refractivity contribution in [3.63, 3.8) is 0 Å². The van der Waals surface area contributed by atoms with Crippen LogP contribution in [-0.4, -0.2) is 13.1 Å². The molecule has 4 nitrogen and oxygen atoms in total. The third kappa shape index (κ3) is 2.91. The van der Waals surface area contributed by atoms with Crippen LogP contribution in [0.2, 0.25) is 0 Å². The quantitative estimate of drug-likeness (QED) is 0.660. The monoisotopic (exact) mass is 270 g/mol. The number of rotatable bonds is 4. The summed E-state index contributed by atoms with van der Waals surface area (Å²) in [5, 5.41) is 3.23. The molecule has 0 radical (unpaired) electrons. The van der Waals surface area contributed by atoms with E-state index in [9.17, 15) is 4.79 Å². The number of carbonyl (C=O) groups excluding carboxylic acids is 1. The van der Waals surface area contributed by atoms with Gasteiger partial charge in [-0.05, 0) is 36.2 Å². The Morgan fingerprint density at radius 1 is 1.25 bits per heavy atom. The first-order chi connectivity index (χ1) is 9.65. The highest BCUT2D eigenvalue weighted by Crippen LogP contribution is 2.27. The van der Waals surface area contributed by atoms with Crippen molar-refractivity contribution in [2.45, 2.75) is 13.3 Å². The molecule has 20 heavy (non-hydrogen) atoms. The Hall–Kier alpha value is -2.49. The van der Waals surface area contributed by atoms with Crippen LogP contribution in [0, 0.1) is 0 Å². The normalized spacial score (nSPS) is 10.1. The van der Waals surface area contributed by atoms with Gasteiger partial charge in [0, 0.05) is 5.69 Å². The van der Waals surface area contributed by atoms with Gasteiger partial charge in [-0.15, -0.1) is 0 Å². The van der Waals surface area contributed by atoms with Crippen molar-refractivity contribution in [1.29, 1.82) is 0 Å². The summed E-state index contributed by atoms with van der Waals surface area (Å²) in [6.45, 7) is 2.10. The molecule has 0 amide bonds. The number of nitrogens with two attached hydrogens (primary N) is 1. The van der Waals surface area contributed by atoms with E-state index in [1.807, 2.05) is 18.2 Å². The molecule has 0 atom stereocenters. The van der Waals surface area contributed by atoms with Gasteiger partial charge in [0.2, 0.25) is 0 Å². The van der Waals surface area contributed by atoms with Gasteiger partial charge < -0.3 is 15.8 Å².